The molecule has 0 bridgehead atoms. The molecular formula is C21H18N4O3S. The molecule has 0 atom stereocenters. The summed E-state index contributed by atoms with van der Waals surface area (Å²) in [5.41, 5.74) is 2.72. The lowest BCUT2D eigenvalue weighted by atomic mass is 10.2. The normalized spacial score (nSPS) is 11.5. The lowest BCUT2D eigenvalue weighted by Crippen LogP contribution is -2.23. The predicted molar refractivity (Wildman–Crippen MR) is 108 cm³/mol. The van der Waals surface area contributed by atoms with Crippen LogP contribution in [0.3, 0.4) is 0 Å². The molecule has 0 fully saturated rings. The van der Waals surface area contributed by atoms with Crippen LogP contribution in [0.2, 0.25) is 0 Å². The Kier molecular flexibility index (Phi) is 4.85. The molecule has 3 aromatic heterocycles. The zero-order valence-electron chi connectivity index (χ0n) is 15.6. The Hall–Kier alpha value is -3.52. The van der Waals surface area contributed by atoms with E-state index in [9.17, 15) is 13.2 Å². The maximum Gasteiger partial charge on any atom is 0.267 e. The van der Waals surface area contributed by atoms with Gasteiger partial charge in [0.05, 0.1) is 9.79 Å². The van der Waals surface area contributed by atoms with Crippen LogP contribution < -0.4 is 5.32 Å². The monoisotopic (exact) mass is 406 g/mol. The van der Waals surface area contributed by atoms with E-state index in [4.69, 9.17) is 0 Å². The predicted octanol–water partition coefficient (Wildman–Crippen LogP) is 3.03. The zero-order valence-corrected chi connectivity index (χ0v) is 16.4. The Labute approximate surface area is 167 Å². The molecule has 0 unspecified atom stereocenters. The van der Waals surface area contributed by atoms with Crippen molar-refractivity contribution < 1.29 is 13.2 Å². The van der Waals surface area contributed by atoms with Gasteiger partial charge in [-0.2, -0.15) is 0 Å². The summed E-state index contributed by atoms with van der Waals surface area (Å²) in [4.78, 5) is 23.7. The first kappa shape index (κ1) is 18.8. The van der Waals surface area contributed by atoms with E-state index < -0.39 is 9.84 Å². The SMILES string of the molecule is Cc1ccncc1S(=O)(=O)c1ccc(CNC(=O)c2cc3cnccc3[nH]2)cc1. The summed E-state index contributed by atoms with van der Waals surface area (Å²) < 4.78 is 25.6. The quantitative estimate of drug-likeness (QED) is 0.530. The highest BCUT2D eigenvalue weighted by Gasteiger charge is 2.20. The van der Waals surface area contributed by atoms with Crippen molar-refractivity contribution in [1.29, 1.82) is 0 Å². The van der Waals surface area contributed by atoms with Gasteiger partial charge in [-0.25, -0.2) is 8.42 Å². The fraction of sp³-hybridized carbons (Fsp3) is 0.0952. The number of rotatable bonds is 5. The van der Waals surface area contributed by atoms with Crippen molar-refractivity contribution in [2.45, 2.75) is 23.3 Å². The standard InChI is InChI=1S/C21H18N4O3S/c1-14-6-8-23-13-20(14)29(27,28)17-4-2-15(3-5-17)11-24-21(26)19-10-16-12-22-9-7-18(16)25-19/h2-10,12-13,25H,11H2,1H3,(H,24,26). The lowest BCUT2D eigenvalue weighted by molar-refractivity contribution is 0.0946. The molecule has 0 aliphatic rings. The molecule has 0 aliphatic heterocycles. The van der Waals surface area contributed by atoms with Gasteiger partial charge in [-0.1, -0.05) is 12.1 Å². The first-order chi connectivity index (χ1) is 13.9. The minimum atomic E-state index is -3.64. The Morgan fingerprint density at radius 3 is 2.48 bits per heavy atom. The molecular weight excluding hydrogens is 388 g/mol. The molecule has 7 nitrogen and oxygen atoms in total. The highest BCUT2D eigenvalue weighted by Crippen LogP contribution is 2.23. The van der Waals surface area contributed by atoms with Crippen LogP contribution in [0.4, 0.5) is 0 Å². The van der Waals surface area contributed by atoms with Crippen LogP contribution in [-0.4, -0.2) is 29.3 Å². The third kappa shape index (κ3) is 3.74. The number of carbonyl (C=O) groups excluding carboxylic acids is 1. The van der Waals surface area contributed by atoms with E-state index in [-0.39, 0.29) is 22.2 Å². The lowest BCUT2D eigenvalue weighted by Gasteiger charge is -2.08. The number of pyridine rings is 2. The molecule has 0 saturated carbocycles. The van der Waals surface area contributed by atoms with Crippen molar-refractivity contribution in [3.05, 3.63) is 84.1 Å². The molecule has 1 aromatic carbocycles. The summed E-state index contributed by atoms with van der Waals surface area (Å²) in [7, 11) is -3.64. The van der Waals surface area contributed by atoms with Crippen LogP contribution in [0.1, 0.15) is 21.6 Å². The van der Waals surface area contributed by atoms with E-state index in [2.05, 4.69) is 20.3 Å². The third-order valence-electron chi connectivity index (χ3n) is 4.63. The summed E-state index contributed by atoms with van der Waals surface area (Å²) in [6, 6.07) is 11.7. The first-order valence-electron chi connectivity index (χ1n) is 8.91. The fourth-order valence-electron chi connectivity index (χ4n) is 3.02. The van der Waals surface area contributed by atoms with Crippen molar-refractivity contribution >= 4 is 26.6 Å². The summed E-state index contributed by atoms with van der Waals surface area (Å²) >= 11 is 0. The number of nitrogens with one attached hydrogen (secondary N) is 2. The number of nitrogens with zero attached hydrogens (tertiary/aromatic N) is 2. The molecule has 3 heterocycles. The maximum atomic E-state index is 12.8. The Balaban J connectivity index is 1.47. The summed E-state index contributed by atoms with van der Waals surface area (Å²) in [5, 5.41) is 3.68. The molecule has 0 spiro atoms. The second-order valence-electron chi connectivity index (χ2n) is 6.62. The van der Waals surface area contributed by atoms with Gasteiger partial charge in [0.25, 0.3) is 5.91 Å². The van der Waals surface area contributed by atoms with Gasteiger partial charge < -0.3 is 10.3 Å². The van der Waals surface area contributed by atoms with Gasteiger partial charge in [0.15, 0.2) is 0 Å². The second kappa shape index (κ2) is 7.48. The summed E-state index contributed by atoms with van der Waals surface area (Å²) in [6.45, 7) is 2.01. The summed E-state index contributed by atoms with van der Waals surface area (Å²) in [5.74, 6) is -0.246. The van der Waals surface area contributed by atoms with Crippen LogP contribution in [-0.2, 0) is 16.4 Å². The highest BCUT2D eigenvalue weighted by molar-refractivity contribution is 7.91. The topological polar surface area (TPSA) is 105 Å². The molecule has 146 valence electrons. The molecule has 2 N–H and O–H groups in total. The molecule has 0 saturated heterocycles. The van der Waals surface area contributed by atoms with Crippen LogP contribution in [0.5, 0.6) is 0 Å². The van der Waals surface area contributed by atoms with Crippen LogP contribution >= 0.6 is 0 Å². The number of hydrogen-bond donors (Lipinski definition) is 2. The van der Waals surface area contributed by atoms with E-state index in [1.54, 1.807) is 55.8 Å². The molecule has 0 radical (unpaired) electrons. The van der Waals surface area contributed by atoms with Crippen molar-refractivity contribution in [2.24, 2.45) is 0 Å². The van der Waals surface area contributed by atoms with Gasteiger partial charge in [-0.05, 0) is 48.4 Å². The largest absolute Gasteiger partial charge is 0.350 e. The molecule has 8 heteroatoms. The van der Waals surface area contributed by atoms with Crippen molar-refractivity contribution in [1.82, 2.24) is 20.3 Å². The minimum Gasteiger partial charge on any atom is -0.350 e. The average Bonchev–Trinajstić information content (AvgIpc) is 3.17. The van der Waals surface area contributed by atoms with Gasteiger partial charge in [-0.3, -0.25) is 14.8 Å². The van der Waals surface area contributed by atoms with Crippen molar-refractivity contribution in [2.75, 3.05) is 0 Å². The smallest absolute Gasteiger partial charge is 0.267 e. The number of aryl methyl sites for hydroxylation is 1. The second-order valence-corrected chi connectivity index (χ2v) is 8.54. The third-order valence-corrected chi connectivity index (χ3v) is 6.53. The van der Waals surface area contributed by atoms with E-state index in [0.29, 0.717) is 11.3 Å². The Morgan fingerprint density at radius 1 is 1.03 bits per heavy atom. The number of amides is 1. The highest BCUT2D eigenvalue weighted by atomic mass is 32.2. The fourth-order valence-corrected chi connectivity index (χ4v) is 4.46. The van der Waals surface area contributed by atoms with Crippen molar-refractivity contribution in [3.63, 3.8) is 0 Å². The van der Waals surface area contributed by atoms with Gasteiger partial charge in [0, 0.05) is 42.2 Å². The molecule has 4 rings (SSSR count). The number of aromatic amines is 1. The van der Waals surface area contributed by atoms with E-state index in [1.165, 1.54) is 18.3 Å². The summed E-state index contributed by atoms with van der Waals surface area (Å²) in [6.07, 6.45) is 6.26. The minimum absolute atomic E-state index is 0.187. The van der Waals surface area contributed by atoms with Gasteiger partial charge in [0.1, 0.15) is 5.69 Å². The Bertz CT molecular complexity index is 1260. The van der Waals surface area contributed by atoms with Gasteiger partial charge in [0.2, 0.25) is 9.84 Å². The number of hydrogen-bond acceptors (Lipinski definition) is 5. The van der Waals surface area contributed by atoms with E-state index in [1.807, 2.05) is 0 Å². The number of carbonyl (C=O) groups is 1. The number of benzene rings is 1. The van der Waals surface area contributed by atoms with Crippen LogP contribution in [0.25, 0.3) is 10.9 Å². The van der Waals surface area contributed by atoms with Crippen LogP contribution in [0.15, 0.2) is 77.0 Å². The molecule has 1 amide bonds. The maximum absolute atomic E-state index is 12.8. The number of aromatic nitrogens is 3. The molecule has 29 heavy (non-hydrogen) atoms. The van der Waals surface area contributed by atoms with E-state index >= 15 is 0 Å². The van der Waals surface area contributed by atoms with Crippen LogP contribution in [0, 0.1) is 6.92 Å². The van der Waals surface area contributed by atoms with Crippen molar-refractivity contribution in [3.8, 4) is 0 Å². The van der Waals surface area contributed by atoms with E-state index in [0.717, 1.165) is 16.5 Å². The Morgan fingerprint density at radius 2 is 1.76 bits per heavy atom. The zero-order chi connectivity index (χ0) is 20.4. The average molecular weight is 406 g/mol. The number of sulfone groups is 1. The molecule has 0 aliphatic carbocycles. The van der Waals surface area contributed by atoms with Gasteiger partial charge >= 0.3 is 0 Å². The molecule has 4 aromatic rings. The number of H-pyrrole nitrogens is 1. The van der Waals surface area contributed by atoms with Gasteiger partial charge in [-0.15, -0.1) is 0 Å². The first-order valence-corrected chi connectivity index (χ1v) is 10.4. The number of fused-ring (bicyclic) bond motifs is 1.